The molecule has 0 bridgehead atoms. The van der Waals surface area contributed by atoms with Crippen LogP contribution in [0.3, 0.4) is 0 Å². The van der Waals surface area contributed by atoms with Crippen LogP contribution < -0.4 is 5.32 Å². The van der Waals surface area contributed by atoms with Crippen molar-refractivity contribution in [1.82, 2.24) is 15.2 Å². The van der Waals surface area contributed by atoms with Gasteiger partial charge in [-0.05, 0) is 43.4 Å². The van der Waals surface area contributed by atoms with Crippen LogP contribution in [0.4, 0.5) is 4.39 Å². The molecule has 0 atom stereocenters. The number of likely N-dealkylation sites (tertiary alicyclic amines) is 1. The quantitative estimate of drug-likeness (QED) is 0.806. The van der Waals surface area contributed by atoms with Crippen molar-refractivity contribution in [2.24, 2.45) is 5.92 Å². The lowest BCUT2D eigenvalue weighted by Crippen LogP contribution is -2.44. The van der Waals surface area contributed by atoms with Crippen molar-refractivity contribution >= 4 is 17.2 Å². The number of hydrogen-bond acceptors (Lipinski definition) is 4. The Labute approximate surface area is 164 Å². The van der Waals surface area contributed by atoms with Crippen molar-refractivity contribution < 1.29 is 9.18 Å². The second-order valence-corrected chi connectivity index (χ2v) is 8.85. The first-order valence-corrected chi connectivity index (χ1v) is 10.5. The number of amides is 1. The molecular weight excluding hydrogens is 361 g/mol. The van der Waals surface area contributed by atoms with Gasteiger partial charge in [0, 0.05) is 32.1 Å². The number of benzene rings is 1. The number of rotatable bonds is 6. The standard InChI is InChI=1S/C21H28FN3OS/c1-14(2)12-19-23-15(3)20(27-19)21(26)24-18-8-10-25(11-9-18)13-16-4-6-17(22)7-5-16/h4-7,14,18H,8-13H2,1-3H3,(H,24,26). The zero-order valence-corrected chi connectivity index (χ0v) is 17.1. The fourth-order valence-corrected chi connectivity index (χ4v) is 4.61. The molecule has 1 fully saturated rings. The van der Waals surface area contributed by atoms with E-state index in [1.807, 2.05) is 19.1 Å². The van der Waals surface area contributed by atoms with E-state index in [4.69, 9.17) is 0 Å². The molecule has 2 aromatic rings. The van der Waals surface area contributed by atoms with E-state index < -0.39 is 0 Å². The molecule has 146 valence electrons. The van der Waals surface area contributed by atoms with Crippen molar-refractivity contribution in [3.05, 3.63) is 51.2 Å². The van der Waals surface area contributed by atoms with Gasteiger partial charge in [0.05, 0.1) is 10.7 Å². The van der Waals surface area contributed by atoms with E-state index in [2.05, 4.69) is 29.0 Å². The van der Waals surface area contributed by atoms with Crippen LogP contribution in [0.15, 0.2) is 24.3 Å². The third-order valence-electron chi connectivity index (χ3n) is 4.87. The first-order valence-electron chi connectivity index (χ1n) is 9.64. The highest BCUT2D eigenvalue weighted by atomic mass is 32.1. The topological polar surface area (TPSA) is 45.2 Å². The highest BCUT2D eigenvalue weighted by Gasteiger charge is 2.23. The number of thiazole rings is 1. The number of aryl methyl sites for hydroxylation is 1. The number of nitrogens with zero attached hydrogens (tertiary/aromatic N) is 2. The summed E-state index contributed by atoms with van der Waals surface area (Å²) < 4.78 is 13.0. The number of hydrogen-bond donors (Lipinski definition) is 1. The molecule has 3 rings (SSSR count). The molecular formula is C21H28FN3OS. The van der Waals surface area contributed by atoms with Gasteiger partial charge in [-0.3, -0.25) is 9.69 Å². The summed E-state index contributed by atoms with van der Waals surface area (Å²) in [4.78, 5) is 20.3. The second kappa shape index (κ2) is 8.93. The van der Waals surface area contributed by atoms with Gasteiger partial charge in [-0.2, -0.15) is 0 Å². The third-order valence-corrected chi connectivity index (χ3v) is 6.05. The van der Waals surface area contributed by atoms with Crippen LogP contribution in [0.1, 0.15) is 52.6 Å². The number of aromatic nitrogens is 1. The van der Waals surface area contributed by atoms with E-state index in [1.54, 1.807) is 0 Å². The Kier molecular flexibility index (Phi) is 6.60. The molecule has 1 N–H and O–H groups in total. The lowest BCUT2D eigenvalue weighted by Gasteiger charge is -2.32. The van der Waals surface area contributed by atoms with Gasteiger partial charge in [0.1, 0.15) is 10.7 Å². The van der Waals surface area contributed by atoms with E-state index in [1.165, 1.54) is 23.5 Å². The van der Waals surface area contributed by atoms with E-state index in [0.29, 0.717) is 5.92 Å². The van der Waals surface area contributed by atoms with Crippen LogP contribution in [-0.2, 0) is 13.0 Å². The average molecular weight is 390 g/mol. The van der Waals surface area contributed by atoms with Gasteiger partial charge < -0.3 is 5.32 Å². The van der Waals surface area contributed by atoms with Crippen LogP contribution in [0.25, 0.3) is 0 Å². The number of halogens is 1. The molecule has 1 aliphatic heterocycles. The monoisotopic (exact) mass is 389 g/mol. The summed E-state index contributed by atoms with van der Waals surface area (Å²) in [6.07, 6.45) is 2.79. The summed E-state index contributed by atoms with van der Waals surface area (Å²) in [7, 11) is 0. The number of carbonyl (C=O) groups excluding carboxylic acids is 1. The number of piperidine rings is 1. The van der Waals surface area contributed by atoms with Crippen molar-refractivity contribution in [2.75, 3.05) is 13.1 Å². The fraction of sp³-hybridized carbons (Fsp3) is 0.524. The van der Waals surface area contributed by atoms with Crippen LogP contribution in [0.5, 0.6) is 0 Å². The van der Waals surface area contributed by atoms with E-state index in [-0.39, 0.29) is 17.8 Å². The van der Waals surface area contributed by atoms with Crippen molar-refractivity contribution in [3.63, 3.8) is 0 Å². The summed E-state index contributed by atoms with van der Waals surface area (Å²) in [5.74, 6) is 0.351. The summed E-state index contributed by atoms with van der Waals surface area (Å²) in [5.41, 5.74) is 1.96. The normalized spacial score (nSPS) is 16.0. The maximum absolute atomic E-state index is 13.0. The summed E-state index contributed by atoms with van der Waals surface area (Å²) in [6.45, 7) is 8.94. The maximum Gasteiger partial charge on any atom is 0.263 e. The predicted octanol–water partition coefficient (Wildman–Crippen LogP) is 4.18. The molecule has 1 aromatic heterocycles. The molecule has 0 unspecified atom stereocenters. The molecule has 6 heteroatoms. The molecule has 2 heterocycles. The van der Waals surface area contributed by atoms with Gasteiger partial charge in [0.25, 0.3) is 5.91 Å². The molecule has 1 aliphatic rings. The smallest absolute Gasteiger partial charge is 0.263 e. The van der Waals surface area contributed by atoms with Crippen LogP contribution in [0, 0.1) is 18.7 Å². The maximum atomic E-state index is 13.0. The van der Waals surface area contributed by atoms with Gasteiger partial charge in [-0.1, -0.05) is 26.0 Å². The molecule has 4 nitrogen and oxygen atoms in total. The van der Waals surface area contributed by atoms with Crippen molar-refractivity contribution in [2.45, 2.75) is 52.6 Å². The minimum atomic E-state index is -0.199. The highest BCUT2D eigenvalue weighted by molar-refractivity contribution is 7.13. The van der Waals surface area contributed by atoms with Gasteiger partial charge in [-0.15, -0.1) is 11.3 Å². The summed E-state index contributed by atoms with van der Waals surface area (Å²) >= 11 is 1.52. The molecule has 0 aliphatic carbocycles. The molecule has 27 heavy (non-hydrogen) atoms. The zero-order chi connectivity index (χ0) is 19.4. The first kappa shape index (κ1) is 20.0. The molecule has 0 spiro atoms. The Morgan fingerprint density at radius 3 is 2.59 bits per heavy atom. The zero-order valence-electron chi connectivity index (χ0n) is 16.3. The Morgan fingerprint density at radius 2 is 1.96 bits per heavy atom. The van der Waals surface area contributed by atoms with Crippen molar-refractivity contribution in [3.8, 4) is 0 Å². The summed E-state index contributed by atoms with van der Waals surface area (Å²) in [6, 6.07) is 6.90. The lowest BCUT2D eigenvalue weighted by atomic mass is 10.0. The third kappa shape index (κ3) is 5.59. The molecule has 1 saturated heterocycles. The van der Waals surface area contributed by atoms with Crippen LogP contribution in [0.2, 0.25) is 0 Å². The number of carbonyl (C=O) groups is 1. The second-order valence-electron chi connectivity index (χ2n) is 7.77. The Bertz CT molecular complexity index is 764. The fourth-order valence-electron chi connectivity index (χ4n) is 3.43. The predicted molar refractivity (Wildman–Crippen MR) is 108 cm³/mol. The Morgan fingerprint density at radius 1 is 1.30 bits per heavy atom. The van der Waals surface area contributed by atoms with Gasteiger partial charge in [-0.25, -0.2) is 9.37 Å². The Balaban J connectivity index is 1.49. The number of nitrogens with one attached hydrogen (secondary N) is 1. The average Bonchev–Trinajstić information content (AvgIpc) is 2.98. The summed E-state index contributed by atoms with van der Waals surface area (Å²) in [5, 5.41) is 4.23. The minimum absolute atomic E-state index is 0.0111. The van der Waals surface area contributed by atoms with Crippen LogP contribution in [-0.4, -0.2) is 34.9 Å². The molecule has 0 radical (unpaired) electrons. The van der Waals surface area contributed by atoms with E-state index in [0.717, 1.165) is 60.0 Å². The van der Waals surface area contributed by atoms with Gasteiger partial charge >= 0.3 is 0 Å². The largest absolute Gasteiger partial charge is 0.348 e. The molecule has 1 amide bonds. The van der Waals surface area contributed by atoms with Crippen molar-refractivity contribution in [1.29, 1.82) is 0 Å². The molecule has 0 saturated carbocycles. The molecule has 1 aromatic carbocycles. The van der Waals surface area contributed by atoms with Crippen LogP contribution >= 0.6 is 11.3 Å². The van der Waals surface area contributed by atoms with Gasteiger partial charge in [0.2, 0.25) is 0 Å². The van der Waals surface area contributed by atoms with E-state index in [9.17, 15) is 9.18 Å². The highest BCUT2D eigenvalue weighted by Crippen LogP contribution is 2.22. The SMILES string of the molecule is Cc1nc(CC(C)C)sc1C(=O)NC1CCN(Cc2ccc(F)cc2)CC1. The lowest BCUT2D eigenvalue weighted by molar-refractivity contribution is 0.0912. The van der Waals surface area contributed by atoms with Gasteiger partial charge in [0.15, 0.2) is 0 Å². The Hall–Kier alpha value is -1.79. The van der Waals surface area contributed by atoms with E-state index >= 15 is 0 Å². The minimum Gasteiger partial charge on any atom is -0.348 e. The first-order chi connectivity index (χ1) is 12.9.